The van der Waals surface area contributed by atoms with Crippen LogP contribution in [0.15, 0.2) is 42.7 Å². The van der Waals surface area contributed by atoms with Gasteiger partial charge >= 0.3 is 0 Å². The molecule has 1 aromatic carbocycles. The van der Waals surface area contributed by atoms with Gasteiger partial charge in [-0.2, -0.15) is 5.10 Å². The second-order valence-corrected chi connectivity index (χ2v) is 6.70. The van der Waals surface area contributed by atoms with Crippen LogP contribution in [0.25, 0.3) is 5.69 Å². The third-order valence-corrected chi connectivity index (χ3v) is 4.89. The first-order valence-electron chi connectivity index (χ1n) is 8.72. The van der Waals surface area contributed by atoms with Crippen molar-refractivity contribution in [1.82, 2.24) is 14.7 Å². The number of primary amides is 1. The Kier molecular flexibility index (Phi) is 5.16. The molecule has 0 unspecified atom stereocenters. The fourth-order valence-corrected chi connectivity index (χ4v) is 3.29. The van der Waals surface area contributed by atoms with Crippen molar-refractivity contribution in [1.29, 1.82) is 0 Å². The average Bonchev–Trinajstić information content (AvgIpc) is 3.09. The van der Waals surface area contributed by atoms with Gasteiger partial charge in [-0.15, -0.1) is 0 Å². The number of para-hydroxylation sites is 1. The maximum Gasteiger partial charge on any atom is 0.223 e. The molecule has 0 radical (unpaired) electrons. The second-order valence-electron chi connectivity index (χ2n) is 6.70. The number of rotatable bonds is 5. The number of benzene rings is 1. The van der Waals surface area contributed by atoms with Crippen molar-refractivity contribution in [2.45, 2.75) is 38.6 Å². The van der Waals surface area contributed by atoms with E-state index in [1.165, 1.54) is 0 Å². The molecule has 2 heterocycles. The molecule has 1 aliphatic heterocycles. The van der Waals surface area contributed by atoms with Crippen molar-refractivity contribution < 1.29 is 9.59 Å². The predicted octanol–water partition coefficient (Wildman–Crippen LogP) is 1.92. The summed E-state index contributed by atoms with van der Waals surface area (Å²) in [7, 11) is 0. The molecule has 25 heavy (non-hydrogen) atoms. The summed E-state index contributed by atoms with van der Waals surface area (Å²) < 4.78 is 1.81. The zero-order chi connectivity index (χ0) is 17.8. The van der Waals surface area contributed by atoms with Gasteiger partial charge in [-0.05, 0) is 43.9 Å². The van der Waals surface area contributed by atoms with Crippen molar-refractivity contribution in [2.24, 2.45) is 11.7 Å². The maximum atomic E-state index is 12.6. The normalized spacial score (nSPS) is 20.4. The van der Waals surface area contributed by atoms with E-state index < -0.39 is 0 Å². The summed E-state index contributed by atoms with van der Waals surface area (Å²) in [6.07, 6.45) is 6.39. The molecule has 0 spiro atoms. The van der Waals surface area contributed by atoms with Gasteiger partial charge in [0.2, 0.25) is 11.8 Å². The highest BCUT2D eigenvalue weighted by molar-refractivity contribution is 5.80. The molecule has 1 fully saturated rings. The molecule has 6 heteroatoms. The first-order valence-corrected chi connectivity index (χ1v) is 8.72. The van der Waals surface area contributed by atoms with Crippen molar-refractivity contribution >= 4 is 11.8 Å². The number of hydrogen-bond acceptors (Lipinski definition) is 3. The van der Waals surface area contributed by atoms with Crippen LogP contribution in [-0.2, 0) is 16.0 Å². The van der Waals surface area contributed by atoms with Gasteiger partial charge in [0.05, 0.1) is 17.8 Å². The molecule has 2 aromatic rings. The van der Waals surface area contributed by atoms with Gasteiger partial charge in [0.1, 0.15) is 0 Å². The number of piperidine rings is 1. The molecular weight excluding hydrogens is 316 g/mol. The highest BCUT2D eigenvalue weighted by Crippen LogP contribution is 2.22. The quantitative estimate of drug-likeness (QED) is 0.903. The Morgan fingerprint density at radius 1 is 1.24 bits per heavy atom. The average molecular weight is 340 g/mol. The molecule has 0 bridgehead atoms. The van der Waals surface area contributed by atoms with E-state index in [1.54, 1.807) is 11.1 Å². The van der Waals surface area contributed by atoms with Gasteiger partial charge in [0.15, 0.2) is 0 Å². The first-order chi connectivity index (χ1) is 12.0. The van der Waals surface area contributed by atoms with E-state index >= 15 is 0 Å². The number of amides is 2. The van der Waals surface area contributed by atoms with Crippen LogP contribution in [0, 0.1) is 5.92 Å². The maximum absolute atomic E-state index is 12.6. The zero-order valence-corrected chi connectivity index (χ0v) is 14.5. The number of nitrogens with zero attached hydrogens (tertiary/aromatic N) is 3. The third-order valence-electron chi connectivity index (χ3n) is 4.89. The lowest BCUT2D eigenvalue weighted by Gasteiger charge is -2.37. The molecule has 2 amide bonds. The molecular formula is C19H24N4O2. The fourth-order valence-electron chi connectivity index (χ4n) is 3.29. The van der Waals surface area contributed by atoms with Crippen molar-refractivity contribution in [3.05, 3.63) is 48.3 Å². The number of nitrogens with two attached hydrogens (primary N) is 1. The van der Waals surface area contributed by atoms with Crippen LogP contribution in [0.3, 0.4) is 0 Å². The van der Waals surface area contributed by atoms with Crippen molar-refractivity contribution in [2.75, 3.05) is 6.54 Å². The van der Waals surface area contributed by atoms with Gasteiger partial charge in [0.25, 0.3) is 0 Å². The van der Waals surface area contributed by atoms with E-state index in [1.807, 2.05) is 48.1 Å². The summed E-state index contributed by atoms with van der Waals surface area (Å²) in [6, 6.07) is 10.0. The van der Waals surface area contributed by atoms with E-state index in [0.717, 1.165) is 24.1 Å². The van der Waals surface area contributed by atoms with Gasteiger partial charge < -0.3 is 10.6 Å². The summed E-state index contributed by atoms with van der Waals surface area (Å²) in [4.78, 5) is 25.8. The SMILES string of the molecule is C[C@@H]1CC[C@H](C(N)=O)CN1C(=O)CCc1cnn(-c2ccccc2)c1. The van der Waals surface area contributed by atoms with E-state index in [0.29, 0.717) is 19.4 Å². The van der Waals surface area contributed by atoms with Crippen molar-refractivity contribution in [3.63, 3.8) is 0 Å². The first kappa shape index (κ1) is 17.2. The Morgan fingerprint density at radius 2 is 2.00 bits per heavy atom. The molecule has 0 saturated carbocycles. The van der Waals surface area contributed by atoms with Crippen LogP contribution in [0.5, 0.6) is 0 Å². The summed E-state index contributed by atoms with van der Waals surface area (Å²) in [5, 5.41) is 4.36. The largest absolute Gasteiger partial charge is 0.369 e. The topological polar surface area (TPSA) is 81.2 Å². The Bertz CT molecular complexity index is 741. The molecule has 3 rings (SSSR count). The van der Waals surface area contributed by atoms with E-state index in [2.05, 4.69) is 5.10 Å². The lowest BCUT2D eigenvalue weighted by molar-refractivity contribution is -0.137. The molecule has 6 nitrogen and oxygen atoms in total. The molecule has 1 saturated heterocycles. The molecule has 1 aliphatic rings. The lowest BCUT2D eigenvalue weighted by atomic mass is 9.92. The summed E-state index contributed by atoms with van der Waals surface area (Å²) in [6.45, 7) is 2.47. The van der Waals surface area contributed by atoms with Crippen LogP contribution in [0.4, 0.5) is 0 Å². The zero-order valence-electron chi connectivity index (χ0n) is 14.5. The van der Waals surface area contributed by atoms with Crippen LogP contribution >= 0.6 is 0 Å². The number of likely N-dealkylation sites (tertiary alicyclic amines) is 1. The molecule has 2 atom stereocenters. The Morgan fingerprint density at radius 3 is 2.72 bits per heavy atom. The van der Waals surface area contributed by atoms with E-state index in [4.69, 9.17) is 5.73 Å². The Labute approximate surface area is 147 Å². The summed E-state index contributed by atoms with van der Waals surface area (Å²) in [5.41, 5.74) is 7.43. The van der Waals surface area contributed by atoms with E-state index in [-0.39, 0.29) is 23.8 Å². The van der Waals surface area contributed by atoms with E-state index in [9.17, 15) is 9.59 Å². The van der Waals surface area contributed by atoms with Gasteiger partial charge in [-0.3, -0.25) is 9.59 Å². The fraction of sp³-hybridized carbons (Fsp3) is 0.421. The van der Waals surface area contributed by atoms with Gasteiger partial charge in [-0.1, -0.05) is 18.2 Å². The second kappa shape index (κ2) is 7.51. The van der Waals surface area contributed by atoms with Crippen LogP contribution in [0.2, 0.25) is 0 Å². The number of aryl methyl sites for hydroxylation is 1. The molecule has 132 valence electrons. The van der Waals surface area contributed by atoms with Crippen molar-refractivity contribution in [3.8, 4) is 5.69 Å². The highest BCUT2D eigenvalue weighted by Gasteiger charge is 2.31. The monoisotopic (exact) mass is 340 g/mol. The standard InChI is InChI=1S/C19H24N4O2/c1-14-7-9-16(19(20)25)13-22(14)18(24)10-8-15-11-21-23(12-15)17-5-3-2-4-6-17/h2-6,11-12,14,16H,7-10,13H2,1H3,(H2,20,25)/t14-,16+/m1/s1. The van der Waals surface area contributed by atoms with Gasteiger partial charge in [-0.25, -0.2) is 4.68 Å². The van der Waals surface area contributed by atoms with Gasteiger partial charge in [0, 0.05) is 25.2 Å². The minimum Gasteiger partial charge on any atom is -0.369 e. The number of carbonyl (C=O) groups is 2. The number of carbonyl (C=O) groups excluding carboxylic acids is 2. The Hall–Kier alpha value is -2.63. The highest BCUT2D eigenvalue weighted by atomic mass is 16.2. The molecule has 0 aliphatic carbocycles. The van der Waals surface area contributed by atoms with Crippen LogP contribution in [-0.4, -0.2) is 39.1 Å². The van der Waals surface area contributed by atoms with Crippen LogP contribution in [0.1, 0.15) is 31.7 Å². The predicted molar refractivity (Wildman–Crippen MR) is 95.0 cm³/mol. The Balaban J connectivity index is 1.59. The minimum absolute atomic E-state index is 0.0749. The lowest BCUT2D eigenvalue weighted by Crippen LogP contribution is -2.48. The smallest absolute Gasteiger partial charge is 0.223 e. The van der Waals surface area contributed by atoms with Crippen LogP contribution < -0.4 is 5.73 Å². The third kappa shape index (κ3) is 4.07. The number of hydrogen-bond donors (Lipinski definition) is 1. The molecule has 2 N–H and O–H groups in total. The summed E-state index contributed by atoms with van der Waals surface area (Å²) >= 11 is 0. The molecule has 1 aromatic heterocycles. The summed E-state index contributed by atoms with van der Waals surface area (Å²) in [5.74, 6) is -0.458. The number of aromatic nitrogens is 2. The minimum atomic E-state index is -0.311.